The molecule has 1 aromatic heterocycles. The first kappa shape index (κ1) is 19.3. The zero-order valence-corrected chi connectivity index (χ0v) is 16.7. The summed E-state index contributed by atoms with van der Waals surface area (Å²) in [5.41, 5.74) is 3.67. The van der Waals surface area contributed by atoms with Gasteiger partial charge in [0.1, 0.15) is 6.04 Å². The van der Waals surface area contributed by atoms with Crippen molar-refractivity contribution in [3.05, 3.63) is 93.7 Å². The molecule has 0 aliphatic heterocycles. The summed E-state index contributed by atoms with van der Waals surface area (Å²) in [6.45, 7) is 4.58. The third kappa shape index (κ3) is 5.28. The molecule has 2 atom stereocenters. The highest BCUT2D eigenvalue weighted by atomic mass is 32.1. The Bertz CT molecular complexity index is 829. The number of nitrogens with two attached hydrogens (primary N) is 1. The molecule has 3 nitrogen and oxygen atoms in total. The lowest BCUT2D eigenvalue weighted by molar-refractivity contribution is -0.676. The highest BCUT2D eigenvalue weighted by molar-refractivity contribution is 7.10. The summed E-state index contributed by atoms with van der Waals surface area (Å²) in [6.07, 6.45) is 1.03. The molecule has 3 aromatic rings. The van der Waals surface area contributed by atoms with Crippen molar-refractivity contribution in [3.63, 3.8) is 0 Å². The molecular formula is C23H27N2OS+. The minimum Gasteiger partial charge on any atom is -0.345 e. The first-order chi connectivity index (χ1) is 13.2. The van der Waals surface area contributed by atoms with E-state index in [9.17, 15) is 4.79 Å². The Kier molecular flexibility index (Phi) is 6.80. The van der Waals surface area contributed by atoms with Crippen molar-refractivity contribution in [2.45, 2.75) is 32.4 Å². The maximum Gasteiger partial charge on any atom is 0.275 e. The number of quaternary nitrogens is 1. The predicted molar refractivity (Wildman–Crippen MR) is 112 cm³/mol. The number of benzene rings is 2. The van der Waals surface area contributed by atoms with Crippen molar-refractivity contribution >= 4 is 17.2 Å². The van der Waals surface area contributed by atoms with E-state index in [-0.39, 0.29) is 18.0 Å². The predicted octanol–water partition coefficient (Wildman–Crippen LogP) is 3.84. The highest BCUT2D eigenvalue weighted by Crippen LogP contribution is 2.22. The molecule has 0 radical (unpaired) electrons. The molecule has 3 rings (SSSR count). The third-order valence-electron chi connectivity index (χ3n) is 4.81. The van der Waals surface area contributed by atoms with Gasteiger partial charge in [0.15, 0.2) is 6.54 Å². The standard InChI is InChI=1S/C23H26N2OS/c1-3-18-11-13-19(14-12-18)17(2)25-22(26)16-24-23(21-10-7-15-27-21)20-8-5-4-6-9-20/h4-15,17,23-24H,3,16H2,1-2H3,(H,25,26)/p+1/t17-,23+/m1/s1. The maximum absolute atomic E-state index is 12.5. The number of rotatable bonds is 8. The van der Waals surface area contributed by atoms with Crippen molar-refractivity contribution in [2.75, 3.05) is 6.54 Å². The van der Waals surface area contributed by atoms with Crippen LogP contribution in [0.4, 0.5) is 0 Å². The Morgan fingerprint density at radius 2 is 1.74 bits per heavy atom. The topological polar surface area (TPSA) is 45.7 Å². The molecule has 4 heteroatoms. The van der Waals surface area contributed by atoms with E-state index >= 15 is 0 Å². The fourth-order valence-corrected chi connectivity index (χ4v) is 4.05. The van der Waals surface area contributed by atoms with Crippen LogP contribution in [-0.4, -0.2) is 12.5 Å². The fourth-order valence-electron chi connectivity index (χ4n) is 3.20. The second kappa shape index (κ2) is 9.49. The van der Waals surface area contributed by atoms with Crippen LogP contribution in [0, 0.1) is 0 Å². The number of carbonyl (C=O) groups excluding carboxylic acids is 1. The SMILES string of the molecule is CCc1ccc([C@@H](C)NC(=O)C[NH2+][C@@H](c2ccccc2)c2cccs2)cc1. The van der Waals surface area contributed by atoms with Gasteiger partial charge in [-0.05, 0) is 35.9 Å². The monoisotopic (exact) mass is 379 g/mol. The number of hydrogen-bond acceptors (Lipinski definition) is 2. The van der Waals surface area contributed by atoms with E-state index in [4.69, 9.17) is 0 Å². The van der Waals surface area contributed by atoms with Crippen molar-refractivity contribution in [1.82, 2.24) is 5.32 Å². The van der Waals surface area contributed by atoms with E-state index in [1.165, 1.54) is 16.0 Å². The Hall–Kier alpha value is -2.43. The van der Waals surface area contributed by atoms with Crippen molar-refractivity contribution < 1.29 is 10.1 Å². The molecule has 0 bridgehead atoms. The first-order valence-electron chi connectivity index (χ1n) is 9.47. The Balaban J connectivity index is 1.60. The molecular weight excluding hydrogens is 352 g/mol. The van der Waals surface area contributed by atoms with E-state index in [1.807, 2.05) is 25.1 Å². The van der Waals surface area contributed by atoms with E-state index in [2.05, 4.69) is 71.5 Å². The second-order valence-electron chi connectivity index (χ2n) is 6.73. The van der Waals surface area contributed by atoms with Crippen LogP contribution in [0.2, 0.25) is 0 Å². The largest absolute Gasteiger partial charge is 0.345 e. The van der Waals surface area contributed by atoms with Crippen molar-refractivity contribution in [3.8, 4) is 0 Å². The molecule has 3 N–H and O–H groups in total. The Morgan fingerprint density at radius 1 is 1.00 bits per heavy atom. The molecule has 1 heterocycles. The van der Waals surface area contributed by atoms with Gasteiger partial charge in [-0.25, -0.2) is 0 Å². The minimum atomic E-state index is 0.00807. The van der Waals surface area contributed by atoms with Crippen molar-refractivity contribution in [1.29, 1.82) is 0 Å². The number of amides is 1. The zero-order valence-electron chi connectivity index (χ0n) is 15.9. The lowest BCUT2D eigenvalue weighted by Gasteiger charge is -2.17. The van der Waals surface area contributed by atoms with E-state index in [0.717, 1.165) is 12.0 Å². The molecule has 0 unspecified atom stereocenters. The number of thiophene rings is 1. The van der Waals surface area contributed by atoms with E-state index in [0.29, 0.717) is 6.54 Å². The number of hydrogen-bond donors (Lipinski definition) is 2. The van der Waals surface area contributed by atoms with Crippen LogP contribution >= 0.6 is 11.3 Å². The van der Waals surface area contributed by atoms with Gasteiger partial charge in [0, 0.05) is 5.56 Å². The van der Waals surface area contributed by atoms with Gasteiger partial charge in [0.05, 0.1) is 10.9 Å². The van der Waals surface area contributed by atoms with Gasteiger partial charge in [-0.2, -0.15) is 0 Å². The molecule has 0 spiro atoms. The van der Waals surface area contributed by atoms with Crippen LogP contribution in [0.15, 0.2) is 72.1 Å². The van der Waals surface area contributed by atoms with E-state index in [1.54, 1.807) is 11.3 Å². The molecule has 0 aliphatic carbocycles. The molecule has 0 fully saturated rings. The number of aryl methyl sites for hydroxylation is 1. The summed E-state index contributed by atoms with van der Waals surface area (Å²) in [6, 6.07) is 23.2. The van der Waals surface area contributed by atoms with Crippen LogP contribution in [0.5, 0.6) is 0 Å². The molecule has 2 aromatic carbocycles. The second-order valence-corrected chi connectivity index (χ2v) is 7.71. The summed E-state index contributed by atoms with van der Waals surface area (Å²) in [4.78, 5) is 13.8. The summed E-state index contributed by atoms with van der Waals surface area (Å²) in [5.74, 6) is 0.0551. The smallest absolute Gasteiger partial charge is 0.275 e. The van der Waals surface area contributed by atoms with Crippen LogP contribution < -0.4 is 10.6 Å². The normalized spacial score (nSPS) is 13.1. The Morgan fingerprint density at radius 3 is 2.37 bits per heavy atom. The summed E-state index contributed by atoms with van der Waals surface area (Å²) < 4.78 is 0. The maximum atomic E-state index is 12.5. The van der Waals surface area contributed by atoms with Crippen LogP contribution in [-0.2, 0) is 11.2 Å². The minimum absolute atomic E-state index is 0.00807. The molecule has 0 saturated heterocycles. The first-order valence-corrected chi connectivity index (χ1v) is 10.3. The van der Waals surface area contributed by atoms with Crippen LogP contribution in [0.3, 0.4) is 0 Å². The van der Waals surface area contributed by atoms with Gasteiger partial charge in [0.25, 0.3) is 5.91 Å². The lowest BCUT2D eigenvalue weighted by Crippen LogP contribution is -2.87. The quantitative estimate of drug-likeness (QED) is 0.614. The van der Waals surface area contributed by atoms with Crippen molar-refractivity contribution in [2.24, 2.45) is 0 Å². The lowest BCUT2D eigenvalue weighted by atomic mass is 10.0. The zero-order chi connectivity index (χ0) is 19.1. The molecule has 0 aliphatic rings. The summed E-state index contributed by atoms with van der Waals surface area (Å²) >= 11 is 1.73. The average Bonchev–Trinajstić information content (AvgIpc) is 3.23. The van der Waals surface area contributed by atoms with Crippen LogP contribution in [0.25, 0.3) is 0 Å². The average molecular weight is 380 g/mol. The molecule has 1 amide bonds. The number of carbonyl (C=O) groups is 1. The van der Waals surface area contributed by atoms with Gasteiger partial charge in [-0.15, -0.1) is 11.3 Å². The van der Waals surface area contributed by atoms with Crippen LogP contribution in [0.1, 0.15) is 47.5 Å². The van der Waals surface area contributed by atoms with Gasteiger partial charge >= 0.3 is 0 Å². The molecule has 0 saturated carbocycles. The third-order valence-corrected chi connectivity index (χ3v) is 5.77. The Labute approximate surface area is 165 Å². The fraction of sp³-hybridized carbons (Fsp3) is 0.261. The summed E-state index contributed by atoms with van der Waals surface area (Å²) in [7, 11) is 0. The summed E-state index contributed by atoms with van der Waals surface area (Å²) in [5, 5.41) is 7.32. The van der Waals surface area contributed by atoms with Gasteiger partial charge in [-0.1, -0.05) is 67.6 Å². The van der Waals surface area contributed by atoms with Gasteiger partial charge < -0.3 is 10.6 Å². The van der Waals surface area contributed by atoms with Gasteiger partial charge in [-0.3, -0.25) is 4.79 Å². The van der Waals surface area contributed by atoms with Gasteiger partial charge in [0.2, 0.25) is 0 Å². The highest BCUT2D eigenvalue weighted by Gasteiger charge is 2.20. The molecule has 27 heavy (non-hydrogen) atoms. The molecule has 140 valence electrons. The van der Waals surface area contributed by atoms with E-state index < -0.39 is 0 Å². The number of nitrogens with one attached hydrogen (secondary N) is 1.